The summed E-state index contributed by atoms with van der Waals surface area (Å²) in [5.41, 5.74) is 1.34. The van der Waals surface area contributed by atoms with E-state index in [1.165, 1.54) is 24.2 Å². The highest BCUT2D eigenvalue weighted by Crippen LogP contribution is 2.34. The van der Waals surface area contributed by atoms with E-state index in [1.54, 1.807) is 31.4 Å². The van der Waals surface area contributed by atoms with Crippen molar-refractivity contribution in [2.45, 2.75) is 18.6 Å². The number of carbonyl (C=O) groups excluding carboxylic acids is 2. The molecule has 0 saturated heterocycles. The molecular weight excluding hydrogens is 504 g/mol. The van der Waals surface area contributed by atoms with Gasteiger partial charge >= 0.3 is 12.2 Å². The predicted molar refractivity (Wildman–Crippen MR) is 133 cm³/mol. The first kappa shape index (κ1) is 26.6. The zero-order chi connectivity index (χ0) is 27.4. The molecule has 0 aliphatic carbocycles. The van der Waals surface area contributed by atoms with Crippen LogP contribution in [0.2, 0.25) is 0 Å². The molecule has 0 radical (unpaired) electrons. The Kier molecular flexibility index (Phi) is 7.65. The molecule has 0 unspecified atom stereocenters. The van der Waals surface area contributed by atoms with E-state index in [0.29, 0.717) is 23.4 Å². The molecule has 1 heterocycles. The number of hydrogen-bond acceptors (Lipinski definition) is 4. The summed E-state index contributed by atoms with van der Waals surface area (Å²) in [4.78, 5) is 27.0. The minimum atomic E-state index is -4.49. The number of anilines is 1. The molecule has 1 N–H and O–H groups in total. The van der Waals surface area contributed by atoms with Crippen LogP contribution >= 0.6 is 0 Å². The van der Waals surface area contributed by atoms with E-state index < -0.39 is 35.5 Å². The Balaban J connectivity index is 1.50. The fourth-order valence-electron chi connectivity index (χ4n) is 3.95. The van der Waals surface area contributed by atoms with E-state index in [1.807, 2.05) is 12.1 Å². The van der Waals surface area contributed by atoms with E-state index in [9.17, 15) is 27.2 Å². The quantitative estimate of drug-likeness (QED) is 0.418. The fourth-order valence-corrected chi connectivity index (χ4v) is 3.95. The van der Waals surface area contributed by atoms with Gasteiger partial charge in [-0.1, -0.05) is 24.3 Å². The summed E-state index contributed by atoms with van der Waals surface area (Å²) in [5.74, 6) is -0.232. The molecule has 7 nitrogen and oxygen atoms in total. The number of hydrogen-bond donors (Lipinski definition) is 1. The van der Waals surface area contributed by atoms with Crippen molar-refractivity contribution in [1.82, 2.24) is 9.91 Å². The Hall–Kier alpha value is -4.41. The third-order valence-electron chi connectivity index (χ3n) is 6.03. The Morgan fingerprint density at radius 2 is 1.66 bits per heavy atom. The van der Waals surface area contributed by atoms with Crippen LogP contribution in [-0.4, -0.2) is 48.3 Å². The summed E-state index contributed by atoms with van der Waals surface area (Å²) in [7, 11) is 2.93. The summed E-state index contributed by atoms with van der Waals surface area (Å²) < 4.78 is 57.0. The average Bonchev–Trinajstić information content (AvgIpc) is 3.34. The Labute approximate surface area is 216 Å². The molecule has 0 fully saturated rings. The van der Waals surface area contributed by atoms with E-state index in [0.717, 1.165) is 34.7 Å². The van der Waals surface area contributed by atoms with Gasteiger partial charge in [-0.05, 0) is 59.7 Å². The van der Waals surface area contributed by atoms with E-state index >= 15 is 0 Å². The van der Waals surface area contributed by atoms with Crippen LogP contribution in [0.15, 0.2) is 77.9 Å². The Bertz CT molecular complexity index is 1320. The molecule has 1 aliphatic heterocycles. The van der Waals surface area contributed by atoms with Gasteiger partial charge in [-0.25, -0.2) is 14.2 Å². The molecule has 11 heteroatoms. The second kappa shape index (κ2) is 10.9. The number of amides is 3. The van der Waals surface area contributed by atoms with Crippen LogP contribution < -0.4 is 10.1 Å². The minimum Gasteiger partial charge on any atom is -0.497 e. The van der Waals surface area contributed by atoms with Crippen molar-refractivity contribution >= 4 is 23.3 Å². The van der Waals surface area contributed by atoms with Crippen LogP contribution in [0.4, 0.5) is 28.0 Å². The van der Waals surface area contributed by atoms with Crippen molar-refractivity contribution in [3.63, 3.8) is 0 Å². The fraction of sp³-hybridized carbons (Fsp3) is 0.222. The number of rotatable bonds is 6. The lowest BCUT2D eigenvalue weighted by Crippen LogP contribution is -2.41. The lowest BCUT2D eigenvalue weighted by atomic mass is 9.98. The number of nitrogens with one attached hydrogen (secondary N) is 1. The number of carbonyl (C=O) groups is 2. The third-order valence-corrected chi connectivity index (χ3v) is 6.03. The first-order chi connectivity index (χ1) is 18.0. The van der Waals surface area contributed by atoms with E-state index in [2.05, 4.69) is 10.4 Å². The van der Waals surface area contributed by atoms with E-state index in [4.69, 9.17) is 4.74 Å². The van der Waals surface area contributed by atoms with Gasteiger partial charge in [-0.2, -0.15) is 18.3 Å². The molecule has 3 aromatic rings. The van der Waals surface area contributed by atoms with Crippen molar-refractivity contribution in [3.05, 3.63) is 95.3 Å². The molecule has 3 aromatic carbocycles. The normalized spacial score (nSPS) is 15.2. The first-order valence-electron chi connectivity index (χ1n) is 11.5. The number of halogens is 4. The molecule has 4 rings (SSSR count). The maximum absolute atomic E-state index is 13.4. The van der Waals surface area contributed by atoms with Crippen LogP contribution in [0, 0.1) is 5.82 Å². The zero-order valence-corrected chi connectivity index (χ0v) is 20.5. The van der Waals surface area contributed by atoms with Gasteiger partial charge in [0.25, 0.3) is 5.91 Å². The van der Waals surface area contributed by atoms with Gasteiger partial charge in [0, 0.05) is 19.2 Å². The molecule has 0 aromatic heterocycles. The maximum Gasteiger partial charge on any atom is 0.416 e. The van der Waals surface area contributed by atoms with Crippen molar-refractivity contribution in [2.75, 3.05) is 26.0 Å². The lowest BCUT2D eigenvalue weighted by molar-refractivity contribution is -0.137. The van der Waals surface area contributed by atoms with Gasteiger partial charge in [-0.3, -0.25) is 4.79 Å². The largest absolute Gasteiger partial charge is 0.497 e. The highest BCUT2D eigenvalue weighted by Gasteiger charge is 2.34. The first-order valence-corrected chi connectivity index (χ1v) is 11.5. The van der Waals surface area contributed by atoms with Gasteiger partial charge in [-0.15, -0.1) is 0 Å². The molecule has 38 heavy (non-hydrogen) atoms. The maximum atomic E-state index is 13.4. The minimum absolute atomic E-state index is 0.149. The average molecular weight is 529 g/mol. The highest BCUT2D eigenvalue weighted by atomic mass is 19.4. The summed E-state index contributed by atoms with van der Waals surface area (Å²) in [6.45, 7) is -0.348. The van der Waals surface area contributed by atoms with Crippen LogP contribution in [-0.2, 0) is 11.0 Å². The zero-order valence-electron chi connectivity index (χ0n) is 20.5. The second-order valence-electron chi connectivity index (χ2n) is 8.65. The van der Waals surface area contributed by atoms with Crippen LogP contribution in [0.5, 0.6) is 5.75 Å². The lowest BCUT2D eigenvalue weighted by Gasteiger charge is -2.25. The van der Waals surface area contributed by atoms with Crippen LogP contribution in [0.25, 0.3) is 0 Å². The molecule has 1 atom stereocenters. The molecule has 1 aliphatic rings. The number of benzene rings is 3. The van der Waals surface area contributed by atoms with Crippen LogP contribution in [0.1, 0.15) is 29.2 Å². The number of nitrogens with zero attached hydrogens (tertiary/aromatic N) is 3. The molecule has 0 saturated carbocycles. The molecular formula is C27H24F4N4O3. The predicted octanol–water partition coefficient (Wildman–Crippen LogP) is 5.69. The third kappa shape index (κ3) is 6.10. The van der Waals surface area contributed by atoms with Gasteiger partial charge in [0.05, 0.1) is 24.4 Å². The molecule has 0 bridgehead atoms. The van der Waals surface area contributed by atoms with Gasteiger partial charge in [0.15, 0.2) is 0 Å². The van der Waals surface area contributed by atoms with Crippen molar-refractivity contribution < 1.29 is 31.9 Å². The van der Waals surface area contributed by atoms with Crippen molar-refractivity contribution in [2.24, 2.45) is 5.10 Å². The van der Waals surface area contributed by atoms with Crippen molar-refractivity contribution in [3.8, 4) is 5.75 Å². The summed E-state index contributed by atoms with van der Waals surface area (Å²) in [5, 5.41) is 8.27. The second-order valence-corrected chi connectivity index (χ2v) is 8.65. The molecule has 198 valence electrons. The molecule has 3 amide bonds. The van der Waals surface area contributed by atoms with Crippen LogP contribution in [0.3, 0.4) is 0 Å². The van der Waals surface area contributed by atoms with Gasteiger partial charge in [0.1, 0.15) is 18.1 Å². The topological polar surface area (TPSA) is 74.2 Å². The van der Waals surface area contributed by atoms with Gasteiger partial charge < -0.3 is 15.0 Å². The summed E-state index contributed by atoms with van der Waals surface area (Å²) in [6.07, 6.45) is -4.12. The number of urea groups is 1. The number of alkyl halides is 3. The number of methoxy groups -OCH3 is 1. The summed E-state index contributed by atoms with van der Waals surface area (Å²) >= 11 is 0. The standard InChI is InChI=1S/C27H24F4N4O3/c1-34(26(37)32-21-11-7-19(8-12-21)27(29,30)31)16-25(36)35-24(18-5-13-22(38-2)14-6-18)15-23(33-35)17-3-9-20(28)10-4-17/h3-14,24H,15-16H2,1-2H3,(H,32,37)/t24-/m0/s1. The Morgan fingerprint density at radius 3 is 2.24 bits per heavy atom. The SMILES string of the molecule is COc1ccc([C@@H]2CC(c3ccc(F)cc3)=NN2C(=O)CN(C)C(=O)Nc2ccc(C(F)(F)F)cc2)cc1. The van der Waals surface area contributed by atoms with Gasteiger partial charge in [0.2, 0.25) is 0 Å². The smallest absolute Gasteiger partial charge is 0.416 e. The number of hydrazone groups is 1. The summed E-state index contributed by atoms with van der Waals surface area (Å²) in [6, 6.07) is 15.8. The number of ether oxygens (including phenoxy) is 1. The highest BCUT2D eigenvalue weighted by molar-refractivity contribution is 6.03. The van der Waals surface area contributed by atoms with E-state index in [-0.39, 0.29) is 12.2 Å². The molecule has 0 spiro atoms. The van der Waals surface area contributed by atoms with Crippen molar-refractivity contribution in [1.29, 1.82) is 0 Å². The monoisotopic (exact) mass is 528 g/mol. The Morgan fingerprint density at radius 1 is 1.03 bits per heavy atom. The number of likely N-dealkylation sites (N-methyl/N-ethyl adjacent to an activating group) is 1.